The van der Waals surface area contributed by atoms with Gasteiger partial charge < -0.3 is 18.2 Å². The lowest BCUT2D eigenvalue weighted by molar-refractivity contribution is 0.329. The standard InChI is InChI=1S/C9H8O6S/c1-3-5-7-4-6(10)9(13-2)8(5)15-16(11,12)14-7/h3-4,10H,1H2,2H3. The Bertz CT molecular complexity index is 560. The molecule has 1 aromatic carbocycles. The van der Waals surface area contributed by atoms with E-state index in [2.05, 4.69) is 14.9 Å². The average Bonchev–Trinajstić information content (AvgIpc) is 2.15. The van der Waals surface area contributed by atoms with Crippen molar-refractivity contribution >= 4 is 16.5 Å². The van der Waals surface area contributed by atoms with E-state index in [0.29, 0.717) is 5.56 Å². The van der Waals surface area contributed by atoms with Crippen LogP contribution in [0.15, 0.2) is 12.6 Å². The van der Waals surface area contributed by atoms with E-state index in [1.807, 2.05) is 0 Å². The minimum Gasteiger partial charge on any atom is -0.504 e. The molecule has 86 valence electrons. The predicted octanol–water partition coefficient (Wildman–Crippen LogP) is 1.06. The average molecular weight is 244 g/mol. The molecule has 1 aromatic rings. The van der Waals surface area contributed by atoms with Crippen LogP contribution in [0.2, 0.25) is 0 Å². The van der Waals surface area contributed by atoms with Gasteiger partial charge in [0.05, 0.1) is 12.7 Å². The Morgan fingerprint density at radius 1 is 1.50 bits per heavy atom. The summed E-state index contributed by atoms with van der Waals surface area (Å²) in [7, 11) is -2.87. The third kappa shape index (κ3) is 1.45. The highest BCUT2D eigenvalue weighted by atomic mass is 32.3. The zero-order valence-corrected chi connectivity index (χ0v) is 9.08. The SMILES string of the molecule is C=Cc1c2cc(O)c(OC)c1OS(=O)(=O)O2. The highest BCUT2D eigenvalue weighted by Crippen LogP contribution is 2.48. The molecule has 6 nitrogen and oxygen atoms in total. The van der Waals surface area contributed by atoms with E-state index in [-0.39, 0.29) is 23.0 Å². The Balaban J connectivity index is 2.78. The highest BCUT2D eigenvalue weighted by Gasteiger charge is 2.32. The first-order valence-electron chi connectivity index (χ1n) is 4.19. The van der Waals surface area contributed by atoms with Gasteiger partial charge in [0.2, 0.25) is 11.5 Å². The van der Waals surface area contributed by atoms with Crippen LogP contribution in [0.4, 0.5) is 0 Å². The Morgan fingerprint density at radius 2 is 2.19 bits per heavy atom. The third-order valence-electron chi connectivity index (χ3n) is 2.00. The molecule has 0 radical (unpaired) electrons. The Kier molecular flexibility index (Phi) is 2.20. The molecule has 1 aliphatic heterocycles. The molecule has 16 heavy (non-hydrogen) atoms. The summed E-state index contributed by atoms with van der Waals surface area (Å²) >= 11 is 0. The van der Waals surface area contributed by atoms with Crippen LogP contribution in [-0.4, -0.2) is 20.6 Å². The van der Waals surface area contributed by atoms with E-state index in [9.17, 15) is 13.5 Å². The summed E-state index contributed by atoms with van der Waals surface area (Å²) in [5.41, 5.74) is 0.310. The number of fused-ring (bicyclic) bond motifs is 2. The predicted molar refractivity (Wildman–Crippen MR) is 54.9 cm³/mol. The number of phenols is 1. The molecule has 0 amide bonds. The summed E-state index contributed by atoms with van der Waals surface area (Å²) in [6.07, 6.45) is 1.35. The summed E-state index contributed by atoms with van der Waals surface area (Å²) in [4.78, 5) is 0. The van der Waals surface area contributed by atoms with Crippen molar-refractivity contribution in [2.45, 2.75) is 0 Å². The van der Waals surface area contributed by atoms with Crippen molar-refractivity contribution in [1.29, 1.82) is 0 Å². The number of hydrogen-bond acceptors (Lipinski definition) is 6. The fraction of sp³-hybridized carbons (Fsp3) is 0.111. The zero-order chi connectivity index (χ0) is 11.9. The van der Waals surface area contributed by atoms with Crippen LogP contribution in [0.3, 0.4) is 0 Å². The lowest BCUT2D eigenvalue weighted by atomic mass is 10.1. The van der Waals surface area contributed by atoms with E-state index in [1.54, 1.807) is 0 Å². The second-order valence-electron chi connectivity index (χ2n) is 2.95. The maximum atomic E-state index is 11.2. The first-order valence-corrected chi connectivity index (χ1v) is 5.52. The quantitative estimate of drug-likeness (QED) is 0.837. The molecule has 7 heteroatoms. The van der Waals surface area contributed by atoms with Crippen LogP contribution in [0.5, 0.6) is 23.0 Å². The van der Waals surface area contributed by atoms with Crippen LogP contribution in [0.25, 0.3) is 6.08 Å². The molecule has 0 aliphatic carbocycles. The highest BCUT2D eigenvalue weighted by molar-refractivity contribution is 7.82. The minimum atomic E-state index is -4.15. The van der Waals surface area contributed by atoms with Crippen LogP contribution in [0, 0.1) is 0 Å². The van der Waals surface area contributed by atoms with E-state index in [0.717, 1.165) is 6.07 Å². The van der Waals surface area contributed by atoms with Crippen molar-refractivity contribution in [2.75, 3.05) is 7.11 Å². The summed E-state index contributed by atoms with van der Waals surface area (Å²) < 4.78 is 36.3. The van der Waals surface area contributed by atoms with Gasteiger partial charge in [0.15, 0.2) is 11.5 Å². The van der Waals surface area contributed by atoms with Gasteiger partial charge in [0.1, 0.15) is 0 Å². The van der Waals surface area contributed by atoms with Crippen molar-refractivity contribution in [3.05, 3.63) is 18.2 Å². The zero-order valence-electron chi connectivity index (χ0n) is 8.26. The van der Waals surface area contributed by atoms with Gasteiger partial charge in [-0.1, -0.05) is 12.7 Å². The number of methoxy groups -OCH3 is 1. The lowest BCUT2D eigenvalue weighted by Gasteiger charge is -2.21. The lowest BCUT2D eigenvalue weighted by Crippen LogP contribution is -2.22. The number of rotatable bonds is 2. The topological polar surface area (TPSA) is 82.1 Å². The largest absolute Gasteiger partial charge is 0.504 e. The normalized spacial score (nSPS) is 15.8. The third-order valence-corrected chi connectivity index (χ3v) is 2.76. The molecule has 0 unspecified atom stereocenters. The fourth-order valence-electron chi connectivity index (χ4n) is 1.39. The smallest absolute Gasteiger partial charge is 0.501 e. The molecule has 0 saturated heterocycles. The van der Waals surface area contributed by atoms with Crippen LogP contribution >= 0.6 is 0 Å². The second-order valence-corrected chi connectivity index (χ2v) is 4.10. The van der Waals surface area contributed by atoms with Gasteiger partial charge in [-0.15, -0.1) is 8.42 Å². The van der Waals surface area contributed by atoms with Crippen LogP contribution in [-0.2, 0) is 10.4 Å². The Labute approximate surface area is 92.0 Å². The molecule has 1 heterocycles. The number of aromatic hydroxyl groups is 1. The molecule has 0 saturated carbocycles. The van der Waals surface area contributed by atoms with Gasteiger partial charge in [0.25, 0.3) is 0 Å². The van der Waals surface area contributed by atoms with Gasteiger partial charge >= 0.3 is 10.4 Å². The van der Waals surface area contributed by atoms with Crippen molar-refractivity contribution in [3.8, 4) is 23.0 Å². The van der Waals surface area contributed by atoms with Crippen LogP contribution in [0.1, 0.15) is 5.56 Å². The van der Waals surface area contributed by atoms with Gasteiger partial charge in [-0.2, -0.15) is 0 Å². The summed E-state index contributed by atoms with van der Waals surface area (Å²) in [5.74, 6) is -0.521. The first-order chi connectivity index (χ1) is 7.48. The van der Waals surface area contributed by atoms with E-state index < -0.39 is 10.4 Å². The summed E-state index contributed by atoms with van der Waals surface area (Å²) in [5, 5.41) is 9.51. The van der Waals surface area contributed by atoms with E-state index in [4.69, 9.17) is 4.74 Å². The van der Waals surface area contributed by atoms with Gasteiger partial charge in [-0.3, -0.25) is 0 Å². The maximum Gasteiger partial charge on any atom is 0.501 e. The molecule has 0 atom stereocenters. The summed E-state index contributed by atoms with van der Waals surface area (Å²) in [6.45, 7) is 3.50. The molecular weight excluding hydrogens is 236 g/mol. The van der Waals surface area contributed by atoms with Crippen LogP contribution < -0.4 is 13.1 Å². The van der Waals surface area contributed by atoms with E-state index in [1.165, 1.54) is 13.2 Å². The molecule has 1 N–H and O–H groups in total. The number of hydrogen-bond donors (Lipinski definition) is 1. The molecule has 0 spiro atoms. The molecule has 2 bridgehead atoms. The Morgan fingerprint density at radius 3 is 2.75 bits per heavy atom. The monoisotopic (exact) mass is 244 g/mol. The molecule has 2 rings (SSSR count). The summed E-state index contributed by atoms with van der Waals surface area (Å²) in [6, 6.07) is 1.12. The minimum absolute atomic E-state index is 0.0467. The maximum absolute atomic E-state index is 11.2. The van der Waals surface area contributed by atoms with E-state index >= 15 is 0 Å². The Hall–Kier alpha value is -1.89. The van der Waals surface area contributed by atoms with Crippen molar-refractivity contribution in [3.63, 3.8) is 0 Å². The second kappa shape index (κ2) is 3.31. The van der Waals surface area contributed by atoms with Gasteiger partial charge in [-0.05, 0) is 0 Å². The molecule has 1 aliphatic rings. The fourth-order valence-corrected chi connectivity index (χ4v) is 2.15. The molecule has 0 aromatic heterocycles. The first kappa shape index (κ1) is 10.6. The van der Waals surface area contributed by atoms with Crippen molar-refractivity contribution in [2.24, 2.45) is 0 Å². The number of benzene rings is 1. The van der Waals surface area contributed by atoms with Gasteiger partial charge in [-0.25, -0.2) is 0 Å². The number of phenolic OH excluding ortho intramolecular Hbond substituents is 1. The van der Waals surface area contributed by atoms with Crippen molar-refractivity contribution < 1.29 is 26.6 Å². The molecule has 0 fully saturated rings. The molecular formula is C9H8O6S. The number of ether oxygens (including phenoxy) is 1. The van der Waals surface area contributed by atoms with Gasteiger partial charge in [0, 0.05) is 6.07 Å². The van der Waals surface area contributed by atoms with Crippen molar-refractivity contribution in [1.82, 2.24) is 0 Å².